The Morgan fingerprint density at radius 2 is 1.86 bits per heavy atom. The number of hydrogen-bond acceptors (Lipinski definition) is 2. The molecule has 22 heavy (non-hydrogen) atoms. The van der Waals surface area contributed by atoms with Crippen molar-refractivity contribution in [1.82, 2.24) is 5.32 Å². The van der Waals surface area contributed by atoms with Crippen molar-refractivity contribution in [3.8, 4) is 0 Å². The number of amides is 2. The minimum absolute atomic E-state index is 0.101. The van der Waals surface area contributed by atoms with E-state index >= 15 is 0 Å². The quantitative estimate of drug-likeness (QED) is 0.911. The van der Waals surface area contributed by atoms with Crippen LogP contribution in [0.1, 0.15) is 23.5 Å². The van der Waals surface area contributed by atoms with E-state index in [0.717, 1.165) is 16.8 Å². The maximum absolute atomic E-state index is 12.8. The van der Waals surface area contributed by atoms with Crippen LogP contribution in [0.4, 0.5) is 10.1 Å². The highest BCUT2D eigenvalue weighted by Gasteiger charge is 2.31. The lowest BCUT2D eigenvalue weighted by atomic mass is 9.97. The molecule has 2 aromatic rings. The van der Waals surface area contributed by atoms with Gasteiger partial charge in [-0.3, -0.25) is 9.59 Å². The number of rotatable bonds is 4. The van der Waals surface area contributed by atoms with Gasteiger partial charge in [0.1, 0.15) is 5.82 Å². The zero-order valence-electron chi connectivity index (χ0n) is 11.8. The second-order valence-corrected chi connectivity index (χ2v) is 5.24. The molecule has 4 nitrogen and oxygen atoms in total. The van der Waals surface area contributed by atoms with Crippen LogP contribution < -0.4 is 10.6 Å². The predicted octanol–water partition coefficient (Wildman–Crippen LogP) is 2.57. The van der Waals surface area contributed by atoms with E-state index in [2.05, 4.69) is 10.6 Å². The first kappa shape index (κ1) is 14.3. The summed E-state index contributed by atoms with van der Waals surface area (Å²) < 4.78 is 12.8. The molecule has 0 aliphatic carbocycles. The van der Waals surface area contributed by atoms with Gasteiger partial charge in [0, 0.05) is 18.7 Å². The van der Waals surface area contributed by atoms with Crippen molar-refractivity contribution in [2.75, 3.05) is 5.32 Å². The van der Waals surface area contributed by atoms with E-state index in [-0.39, 0.29) is 24.1 Å². The molecule has 2 aromatic carbocycles. The van der Waals surface area contributed by atoms with Crippen LogP contribution in [0.15, 0.2) is 48.5 Å². The molecule has 0 saturated carbocycles. The molecular formula is C17H15FN2O2. The van der Waals surface area contributed by atoms with Gasteiger partial charge in [-0.2, -0.15) is 0 Å². The number of nitrogens with one attached hydrogen (secondary N) is 2. The standard InChI is InChI=1S/C17H15FN2O2/c18-12-7-5-11(6-8-12)10-19-16(21)9-14-13-3-1-2-4-15(13)20-17(14)22/h1-8,14H,9-10H2,(H,19,21)(H,20,22). The fourth-order valence-corrected chi connectivity index (χ4v) is 2.54. The third-order valence-corrected chi connectivity index (χ3v) is 3.70. The summed E-state index contributed by atoms with van der Waals surface area (Å²) in [6.07, 6.45) is 0.101. The van der Waals surface area contributed by atoms with Crippen LogP contribution in [-0.2, 0) is 16.1 Å². The minimum Gasteiger partial charge on any atom is -0.352 e. The maximum atomic E-state index is 12.8. The third kappa shape index (κ3) is 2.98. The minimum atomic E-state index is -0.454. The number of hydrogen-bond donors (Lipinski definition) is 2. The molecule has 1 aliphatic heterocycles. The average Bonchev–Trinajstić information content (AvgIpc) is 2.83. The van der Waals surface area contributed by atoms with Gasteiger partial charge in [-0.15, -0.1) is 0 Å². The van der Waals surface area contributed by atoms with Crippen molar-refractivity contribution in [2.45, 2.75) is 18.9 Å². The van der Waals surface area contributed by atoms with E-state index in [1.54, 1.807) is 12.1 Å². The van der Waals surface area contributed by atoms with E-state index in [9.17, 15) is 14.0 Å². The number of benzene rings is 2. The van der Waals surface area contributed by atoms with E-state index < -0.39 is 5.92 Å². The van der Waals surface area contributed by atoms with Gasteiger partial charge in [0.2, 0.25) is 11.8 Å². The van der Waals surface area contributed by atoms with Crippen LogP contribution in [0.3, 0.4) is 0 Å². The monoisotopic (exact) mass is 298 g/mol. The normalized spacial score (nSPS) is 16.0. The van der Waals surface area contributed by atoms with Crippen molar-refractivity contribution >= 4 is 17.5 Å². The zero-order valence-corrected chi connectivity index (χ0v) is 11.8. The molecule has 0 spiro atoms. The molecule has 5 heteroatoms. The van der Waals surface area contributed by atoms with Crippen molar-refractivity contribution in [1.29, 1.82) is 0 Å². The predicted molar refractivity (Wildman–Crippen MR) is 80.7 cm³/mol. The fourth-order valence-electron chi connectivity index (χ4n) is 2.54. The Kier molecular flexibility index (Phi) is 3.87. The van der Waals surface area contributed by atoms with Crippen LogP contribution in [0.2, 0.25) is 0 Å². The second kappa shape index (κ2) is 5.97. The highest BCUT2D eigenvalue weighted by Crippen LogP contribution is 2.34. The number of halogens is 1. The molecule has 3 rings (SSSR count). The lowest BCUT2D eigenvalue weighted by Gasteiger charge is -2.09. The van der Waals surface area contributed by atoms with Gasteiger partial charge in [-0.05, 0) is 29.3 Å². The third-order valence-electron chi connectivity index (χ3n) is 3.70. The van der Waals surface area contributed by atoms with Gasteiger partial charge in [-0.1, -0.05) is 30.3 Å². The largest absolute Gasteiger partial charge is 0.352 e. The molecular weight excluding hydrogens is 283 g/mol. The molecule has 1 unspecified atom stereocenters. The molecule has 0 saturated heterocycles. The molecule has 2 amide bonds. The Bertz CT molecular complexity index is 713. The lowest BCUT2D eigenvalue weighted by Crippen LogP contribution is -2.26. The Hall–Kier alpha value is -2.69. The molecule has 0 bridgehead atoms. The highest BCUT2D eigenvalue weighted by atomic mass is 19.1. The fraction of sp³-hybridized carbons (Fsp3) is 0.176. The Morgan fingerprint density at radius 3 is 2.64 bits per heavy atom. The molecule has 0 radical (unpaired) electrons. The Labute approximate surface area is 127 Å². The Morgan fingerprint density at radius 1 is 1.14 bits per heavy atom. The Balaban J connectivity index is 1.60. The molecule has 2 N–H and O–H groups in total. The van der Waals surface area contributed by atoms with Gasteiger partial charge in [0.05, 0.1) is 5.92 Å². The molecule has 112 valence electrons. The molecule has 1 atom stereocenters. The molecule has 0 fully saturated rings. The second-order valence-electron chi connectivity index (χ2n) is 5.24. The van der Waals surface area contributed by atoms with E-state index in [4.69, 9.17) is 0 Å². The number of para-hydroxylation sites is 1. The van der Waals surface area contributed by atoms with Crippen molar-refractivity contribution < 1.29 is 14.0 Å². The summed E-state index contributed by atoms with van der Waals surface area (Å²) in [4.78, 5) is 24.0. The average molecular weight is 298 g/mol. The number of carbonyl (C=O) groups is 2. The highest BCUT2D eigenvalue weighted by molar-refractivity contribution is 6.04. The molecule has 1 aliphatic rings. The van der Waals surface area contributed by atoms with Crippen LogP contribution in [0.25, 0.3) is 0 Å². The zero-order chi connectivity index (χ0) is 15.5. The van der Waals surface area contributed by atoms with Crippen LogP contribution in [-0.4, -0.2) is 11.8 Å². The smallest absolute Gasteiger partial charge is 0.232 e. The van der Waals surface area contributed by atoms with Crippen molar-refractivity contribution in [3.63, 3.8) is 0 Å². The number of carbonyl (C=O) groups excluding carboxylic acids is 2. The SMILES string of the molecule is O=C(CC1C(=O)Nc2ccccc21)NCc1ccc(F)cc1. The van der Waals surface area contributed by atoms with Crippen molar-refractivity contribution in [3.05, 3.63) is 65.5 Å². The summed E-state index contributed by atoms with van der Waals surface area (Å²) in [5.74, 6) is -1.13. The number of anilines is 1. The summed E-state index contributed by atoms with van der Waals surface area (Å²) in [5, 5.41) is 5.53. The van der Waals surface area contributed by atoms with Crippen LogP contribution in [0.5, 0.6) is 0 Å². The summed E-state index contributed by atoms with van der Waals surface area (Å²) in [6.45, 7) is 0.315. The van der Waals surface area contributed by atoms with Gasteiger partial charge >= 0.3 is 0 Å². The first-order valence-electron chi connectivity index (χ1n) is 7.04. The molecule has 1 heterocycles. The number of fused-ring (bicyclic) bond motifs is 1. The topological polar surface area (TPSA) is 58.2 Å². The van der Waals surface area contributed by atoms with Crippen LogP contribution in [0, 0.1) is 5.82 Å². The van der Waals surface area contributed by atoms with Crippen molar-refractivity contribution in [2.24, 2.45) is 0 Å². The summed E-state index contributed by atoms with van der Waals surface area (Å²) in [7, 11) is 0. The van der Waals surface area contributed by atoms with Gasteiger partial charge < -0.3 is 10.6 Å². The van der Waals surface area contributed by atoms with E-state index in [1.165, 1.54) is 12.1 Å². The first-order chi connectivity index (χ1) is 10.6. The van der Waals surface area contributed by atoms with Crippen LogP contribution >= 0.6 is 0 Å². The summed E-state index contributed by atoms with van der Waals surface area (Å²) in [6, 6.07) is 13.3. The maximum Gasteiger partial charge on any atom is 0.232 e. The van der Waals surface area contributed by atoms with Gasteiger partial charge in [0.25, 0.3) is 0 Å². The summed E-state index contributed by atoms with van der Waals surface area (Å²) in [5.41, 5.74) is 2.43. The lowest BCUT2D eigenvalue weighted by molar-refractivity contribution is -0.125. The summed E-state index contributed by atoms with van der Waals surface area (Å²) >= 11 is 0. The molecule has 0 aromatic heterocycles. The van der Waals surface area contributed by atoms with Gasteiger partial charge in [0.15, 0.2) is 0 Å². The first-order valence-corrected chi connectivity index (χ1v) is 7.04. The van der Waals surface area contributed by atoms with E-state index in [0.29, 0.717) is 6.54 Å². The van der Waals surface area contributed by atoms with Gasteiger partial charge in [-0.25, -0.2) is 4.39 Å². The van der Waals surface area contributed by atoms with E-state index in [1.807, 2.05) is 24.3 Å².